The Morgan fingerprint density at radius 3 is 2.84 bits per heavy atom. The summed E-state index contributed by atoms with van der Waals surface area (Å²) in [5, 5.41) is 12.2. The molecule has 3 nitrogen and oxygen atoms in total. The lowest BCUT2D eigenvalue weighted by Gasteiger charge is -2.10. The number of rotatable bonds is 6. The zero-order valence-electron chi connectivity index (χ0n) is 10.2. The molecule has 0 spiro atoms. The molecular formula is C13H15F2NO2S. The molecule has 104 valence electrons. The lowest BCUT2D eigenvalue weighted by atomic mass is 10.2. The van der Waals surface area contributed by atoms with E-state index in [1.807, 2.05) is 0 Å². The Morgan fingerprint density at radius 2 is 2.21 bits per heavy atom. The van der Waals surface area contributed by atoms with E-state index in [1.54, 1.807) is 0 Å². The van der Waals surface area contributed by atoms with Gasteiger partial charge in [0.2, 0.25) is 5.91 Å². The van der Waals surface area contributed by atoms with Gasteiger partial charge in [-0.1, -0.05) is 0 Å². The van der Waals surface area contributed by atoms with Crippen molar-refractivity contribution in [1.82, 2.24) is 5.32 Å². The van der Waals surface area contributed by atoms with Gasteiger partial charge in [-0.3, -0.25) is 4.79 Å². The average molecular weight is 287 g/mol. The standard InChI is InChI=1S/C13H15F2NO2S/c14-9-3-4-12(10(15)5-9)19-7-13(18)16-6-11(17)8-1-2-8/h3-5,8,11,17H,1-2,6-7H2,(H,16,18). The first-order valence-electron chi connectivity index (χ1n) is 6.09. The molecule has 1 saturated carbocycles. The highest BCUT2D eigenvalue weighted by atomic mass is 32.2. The topological polar surface area (TPSA) is 49.3 Å². The van der Waals surface area contributed by atoms with Crippen LogP contribution in [0.25, 0.3) is 0 Å². The van der Waals surface area contributed by atoms with E-state index >= 15 is 0 Å². The van der Waals surface area contributed by atoms with E-state index in [0.29, 0.717) is 5.92 Å². The van der Waals surface area contributed by atoms with E-state index in [-0.39, 0.29) is 23.1 Å². The van der Waals surface area contributed by atoms with Crippen LogP contribution in [0.15, 0.2) is 23.1 Å². The molecule has 0 bridgehead atoms. The second-order valence-corrected chi connectivity index (χ2v) is 5.59. The first kappa shape index (κ1) is 14.3. The Bertz CT molecular complexity index is 466. The van der Waals surface area contributed by atoms with Crippen molar-refractivity contribution in [2.75, 3.05) is 12.3 Å². The molecule has 0 radical (unpaired) electrons. The van der Waals surface area contributed by atoms with Crippen LogP contribution in [-0.4, -0.2) is 29.4 Å². The first-order chi connectivity index (χ1) is 9.06. The molecule has 1 atom stereocenters. The second kappa shape index (κ2) is 6.34. The van der Waals surface area contributed by atoms with Crippen molar-refractivity contribution in [2.24, 2.45) is 5.92 Å². The van der Waals surface area contributed by atoms with Gasteiger partial charge in [0.05, 0.1) is 11.9 Å². The van der Waals surface area contributed by atoms with Gasteiger partial charge in [-0.15, -0.1) is 11.8 Å². The molecular weight excluding hydrogens is 272 g/mol. The predicted octanol–water partition coefficient (Wildman–Crippen LogP) is 1.94. The van der Waals surface area contributed by atoms with Gasteiger partial charge >= 0.3 is 0 Å². The number of thioether (sulfide) groups is 1. The van der Waals surface area contributed by atoms with Crippen LogP contribution in [0.5, 0.6) is 0 Å². The minimum atomic E-state index is -0.671. The molecule has 0 saturated heterocycles. The van der Waals surface area contributed by atoms with Gasteiger partial charge in [-0.05, 0) is 30.9 Å². The van der Waals surface area contributed by atoms with Crippen LogP contribution < -0.4 is 5.32 Å². The summed E-state index contributed by atoms with van der Waals surface area (Å²) >= 11 is 1.00. The number of carbonyl (C=O) groups excluding carboxylic acids is 1. The molecule has 1 aromatic carbocycles. The normalized spacial score (nSPS) is 16.2. The summed E-state index contributed by atoms with van der Waals surface area (Å²) in [4.78, 5) is 11.7. The fraction of sp³-hybridized carbons (Fsp3) is 0.462. The van der Waals surface area contributed by atoms with E-state index in [9.17, 15) is 18.7 Å². The summed E-state index contributed by atoms with van der Waals surface area (Å²) in [7, 11) is 0. The van der Waals surface area contributed by atoms with Gasteiger partial charge in [0.15, 0.2) is 0 Å². The Balaban J connectivity index is 1.73. The number of nitrogens with one attached hydrogen (secondary N) is 1. The molecule has 6 heteroatoms. The largest absolute Gasteiger partial charge is 0.391 e. The minimum absolute atomic E-state index is 0.0416. The number of hydrogen-bond acceptors (Lipinski definition) is 3. The maximum atomic E-state index is 13.3. The lowest BCUT2D eigenvalue weighted by Crippen LogP contribution is -2.34. The number of hydrogen-bond donors (Lipinski definition) is 2. The third-order valence-corrected chi connectivity index (χ3v) is 3.98. The summed E-state index contributed by atoms with van der Waals surface area (Å²) in [5.74, 6) is -1.23. The van der Waals surface area contributed by atoms with Crippen LogP contribution in [0.2, 0.25) is 0 Å². The summed E-state index contributed by atoms with van der Waals surface area (Å²) in [5.41, 5.74) is 0. The number of halogens is 2. The van der Waals surface area contributed by atoms with E-state index in [2.05, 4.69) is 5.32 Å². The third kappa shape index (κ3) is 4.47. The predicted molar refractivity (Wildman–Crippen MR) is 68.8 cm³/mol. The molecule has 1 aromatic rings. The minimum Gasteiger partial charge on any atom is -0.391 e. The van der Waals surface area contributed by atoms with Crippen molar-refractivity contribution >= 4 is 17.7 Å². The lowest BCUT2D eigenvalue weighted by molar-refractivity contribution is -0.119. The SMILES string of the molecule is O=C(CSc1ccc(F)cc1F)NCC(O)C1CC1. The molecule has 0 heterocycles. The molecule has 2 rings (SSSR count). The maximum absolute atomic E-state index is 13.3. The molecule has 0 aromatic heterocycles. The Hall–Kier alpha value is -1.14. The number of carbonyl (C=O) groups is 1. The van der Waals surface area contributed by atoms with Crippen molar-refractivity contribution in [3.05, 3.63) is 29.8 Å². The smallest absolute Gasteiger partial charge is 0.230 e. The van der Waals surface area contributed by atoms with Crippen LogP contribution in [0.4, 0.5) is 8.78 Å². The van der Waals surface area contributed by atoms with Crippen LogP contribution in [0.1, 0.15) is 12.8 Å². The molecule has 2 N–H and O–H groups in total. The Labute approximate surface area is 114 Å². The molecule has 1 unspecified atom stereocenters. The Kier molecular flexibility index (Phi) is 4.76. The summed E-state index contributed by atoms with van der Waals surface area (Å²) in [6.07, 6.45) is 1.52. The van der Waals surface area contributed by atoms with Crippen LogP contribution in [0.3, 0.4) is 0 Å². The summed E-state index contributed by atoms with van der Waals surface area (Å²) < 4.78 is 26.0. The number of amides is 1. The van der Waals surface area contributed by atoms with Crippen LogP contribution in [0, 0.1) is 17.6 Å². The van der Waals surface area contributed by atoms with Crippen LogP contribution >= 0.6 is 11.8 Å². The molecule has 0 aliphatic heterocycles. The van der Waals surface area contributed by atoms with Gasteiger partial charge < -0.3 is 10.4 Å². The quantitative estimate of drug-likeness (QED) is 0.786. The molecule has 1 amide bonds. The number of aliphatic hydroxyl groups excluding tert-OH is 1. The maximum Gasteiger partial charge on any atom is 0.230 e. The van der Waals surface area contributed by atoms with Crippen molar-refractivity contribution < 1.29 is 18.7 Å². The number of aliphatic hydroxyl groups is 1. The highest BCUT2D eigenvalue weighted by Gasteiger charge is 2.29. The van der Waals surface area contributed by atoms with Crippen LogP contribution in [-0.2, 0) is 4.79 Å². The second-order valence-electron chi connectivity index (χ2n) is 4.57. The van der Waals surface area contributed by atoms with Crippen molar-refractivity contribution in [1.29, 1.82) is 0 Å². The number of benzene rings is 1. The van der Waals surface area contributed by atoms with Crippen molar-refractivity contribution in [3.63, 3.8) is 0 Å². The molecule has 1 fully saturated rings. The monoisotopic (exact) mass is 287 g/mol. The van der Waals surface area contributed by atoms with Crippen molar-refractivity contribution in [2.45, 2.75) is 23.8 Å². The highest BCUT2D eigenvalue weighted by molar-refractivity contribution is 8.00. The zero-order valence-corrected chi connectivity index (χ0v) is 11.1. The Morgan fingerprint density at radius 1 is 1.47 bits per heavy atom. The zero-order chi connectivity index (χ0) is 13.8. The molecule has 1 aliphatic carbocycles. The van der Waals surface area contributed by atoms with E-state index in [0.717, 1.165) is 36.7 Å². The highest BCUT2D eigenvalue weighted by Crippen LogP contribution is 2.32. The summed E-state index contributed by atoms with van der Waals surface area (Å²) in [6, 6.07) is 3.25. The van der Waals surface area contributed by atoms with Crippen molar-refractivity contribution in [3.8, 4) is 0 Å². The van der Waals surface area contributed by atoms with E-state index in [4.69, 9.17) is 0 Å². The van der Waals surface area contributed by atoms with Gasteiger partial charge in [-0.25, -0.2) is 8.78 Å². The molecule has 19 heavy (non-hydrogen) atoms. The third-order valence-electron chi connectivity index (χ3n) is 2.93. The fourth-order valence-electron chi connectivity index (χ4n) is 1.65. The van der Waals surface area contributed by atoms with E-state index < -0.39 is 17.7 Å². The van der Waals surface area contributed by atoms with Gasteiger partial charge in [0.25, 0.3) is 0 Å². The first-order valence-corrected chi connectivity index (χ1v) is 7.07. The molecule has 1 aliphatic rings. The average Bonchev–Trinajstić information content (AvgIpc) is 3.19. The van der Waals surface area contributed by atoms with Gasteiger partial charge in [-0.2, -0.15) is 0 Å². The van der Waals surface area contributed by atoms with Gasteiger partial charge in [0, 0.05) is 17.5 Å². The van der Waals surface area contributed by atoms with E-state index in [1.165, 1.54) is 6.07 Å². The summed E-state index contributed by atoms with van der Waals surface area (Å²) in [6.45, 7) is 0.232. The fourth-order valence-corrected chi connectivity index (χ4v) is 2.40. The van der Waals surface area contributed by atoms with Gasteiger partial charge in [0.1, 0.15) is 11.6 Å².